The molecule has 1 fully saturated rings. The van der Waals surface area contributed by atoms with E-state index in [4.69, 9.17) is 0 Å². The lowest BCUT2D eigenvalue weighted by Crippen LogP contribution is -2.22. The molecule has 0 radical (unpaired) electrons. The monoisotopic (exact) mass is 190 g/mol. The number of aryl methyl sites for hydroxylation is 1. The molecule has 1 saturated carbocycles. The minimum absolute atomic E-state index is 0.551. The largest absolute Gasteiger partial charge is 0.385 e. The predicted molar refractivity (Wildman–Crippen MR) is 58.1 cm³/mol. The van der Waals surface area contributed by atoms with E-state index in [1.807, 2.05) is 12.1 Å². The van der Waals surface area contributed by atoms with Gasteiger partial charge in [-0.1, -0.05) is 31.2 Å². The Labute approximate surface area is 85.8 Å². The summed E-state index contributed by atoms with van der Waals surface area (Å²) in [4.78, 5) is 0. The van der Waals surface area contributed by atoms with Gasteiger partial charge >= 0.3 is 0 Å². The molecular formula is C13H18O. The Morgan fingerprint density at radius 1 is 1.36 bits per heavy atom. The first-order valence-electron chi connectivity index (χ1n) is 5.40. The summed E-state index contributed by atoms with van der Waals surface area (Å²) in [6.45, 7) is 4.30. The number of aliphatic hydroxyl groups is 1. The summed E-state index contributed by atoms with van der Waals surface area (Å²) in [6, 6.07) is 8.19. The second-order valence-corrected chi connectivity index (χ2v) is 4.69. The van der Waals surface area contributed by atoms with Crippen LogP contribution in [0, 0.1) is 12.8 Å². The summed E-state index contributed by atoms with van der Waals surface area (Å²) in [5.74, 6) is 0.652. The van der Waals surface area contributed by atoms with Gasteiger partial charge in [0.1, 0.15) is 0 Å². The van der Waals surface area contributed by atoms with Gasteiger partial charge < -0.3 is 5.11 Å². The minimum Gasteiger partial charge on any atom is -0.385 e. The molecule has 14 heavy (non-hydrogen) atoms. The lowest BCUT2D eigenvalue weighted by Gasteiger charge is -2.25. The topological polar surface area (TPSA) is 20.2 Å². The summed E-state index contributed by atoms with van der Waals surface area (Å²) in [7, 11) is 0. The van der Waals surface area contributed by atoms with E-state index in [2.05, 4.69) is 26.0 Å². The van der Waals surface area contributed by atoms with Crippen LogP contribution in [0.2, 0.25) is 0 Å². The number of hydrogen-bond donors (Lipinski definition) is 1. The molecule has 1 aliphatic rings. The standard InChI is InChI=1S/C13H18O/c1-10-7-8-13(14,9-10)12-6-4-3-5-11(12)2/h3-6,10,14H,7-9H2,1-2H3/t10-,13+/m0/s1. The average molecular weight is 190 g/mol. The summed E-state index contributed by atoms with van der Waals surface area (Å²) < 4.78 is 0. The van der Waals surface area contributed by atoms with Crippen LogP contribution in [0.1, 0.15) is 37.3 Å². The van der Waals surface area contributed by atoms with Crippen LogP contribution < -0.4 is 0 Å². The first kappa shape index (κ1) is 9.72. The molecule has 0 heterocycles. The lowest BCUT2D eigenvalue weighted by molar-refractivity contribution is 0.0402. The van der Waals surface area contributed by atoms with Crippen LogP contribution in [0.15, 0.2) is 24.3 Å². The highest BCUT2D eigenvalue weighted by Crippen LogP contribution is 2.42. The first-order valence-corrected chi connectivity index (χ1v) is 5.40. The normalized spacial score (nSPS) is 32.1. The minimum atomic E-state index is -0.551. The molecule has 1 aromatic carbocycles. The van der Waals surface area contributed by atoms with Crippen molar-refractivity contribution < 1.29 is 5.11 Å². The smallest absolute Gasteiger partial charge is 0.0901 e. The van der Waals surface area contributed by atoms with Gasteiger partial charge in [0.2, 0.25) is 0 Å². The van der Waals surface area contributed by atoms with Crippen molar-refractivity contribution in [3.05, 3.63) is 35.4 Å². The molecule has 0 saturated heterocycles. The molecule has 1 heteroatoms. The molecule has 2 atom stereocenters. The molecule has 0 unspecified atom stereocenters. The lowest BCUT2D eigenvalue weighted by atomic mass is 9.88. The van der Waals surface area contributed by atoms with E-state index >= 15 is 0 Å². The fourth-order valence-corrected chi connectivity index (χ4v) is 2.61. The molecule has 76 valence electrons. The van der Waals surface area contributed by atoms with Gasteiger partial charge in [-0.2, -0.15) is 0 Å². The molecule has 2 rings (SSSR count). The molecule has 0 aromatic heterocycles. The highest BCUT2D eigenvalue weighted by Gasteiger charge is 2.37. The Bertz CT molecular complexity index is 332. The van der Waals surface area contributed by atoms with Crippen molar-refractivity contribution in [3.8, 4) is 0 Å². The number of hydrogen-bond acceptors (Lipinski definition) is 1. The summed E-state index contributed by atoms with van der Waals surface area (Å²) in [6.07, 6.45) is 2.97. The second kappa shape index (κ2) is 3.39. The van der Waals surface area contributed by atoms with Crippen LogP contribution in [0.4, 0.5) is 0 Å². The van der Waals surface area contributed by atoms with Gasteiger partial charge in [0, 0.05) is 0 Å². The van der Waals surface area contributed by atoms with Gasteiger partial charge in [0.25, 0.3) is 0 Å². The van der Waals surface area contributed by atoms with Gasteiger partial charge in [0.15, 0.2) is 0 Å². The van der Waals surface area contributed by atoms with Crippen LogP contribution in [0.3, 0.4) is 0 Å². The van der Waals surface area contributed by atoms with Crippen LogP contribution in [-0.4, -0.2) is 5.11 Å². The van der Waals surface area contributed by atoms with E-state index in [1.165, 1.54) is 5.56 Å². The predicted octanol–water partition coefficient (Wildman–Crippen LogP) is 3.00. The Balaban J connectivity index is 2.35. The van der Waals surface area contributed by atoms with Crippen molar-refractivity contribution >= 4 is 0 Å². The quantitative estimate of drug-likeness (QED) is 0.721. The molecular weight excluding hydrogens is 172 g/mol. The molecule has 0 amide bonds. The van der Waals surface area contributed by atoms with Gasteiger partial charge in [-0.3, -0.25) is 0 Å². The SMILES string of the molecule is Cc1ccccc1[C@@]1(O)CC[C@H](C)C1. The Kier molecular flexibility index (Phi) is 2.36. The first-order chi connectivity index (χ1) is 6.62. The fraction of sp³-hybridized carbons (Fsp3) is 0.538. The van der Waals surface area contributed by atoms with E-state index in [0.717, 1.165) is 24.8 Å². The summed E-state index contributed by atoms with van der Waals surface area (Å²) in [5.41, 5.74) is 1.79. The van der Waals surface area contributed by atoms with Crippen molar-refractivity contribution in [1.82, 2.24) is 0 Å². The third-order valence-corrected chi connectivity index (χ3v) is 3.38. The Hall–Kier alpha value is -0.820. The molecule has 0 bridgehead atoms. The van der Waals surface area contributed by atoms with Crippen LogP contribution >= 0.6 is 0 Å². The zero-order valence-electron chi connectivity index (χ0n) is 8.96. The third kappa shape index (κ3) is 1.57. The number of rotatable bonds is 1. The number of benzene rings is 1. The molecule has 0 aliphatic heterocycles. The van der Waals surface area contributed by atoms with Gasteiger partial charge in [-0.05, 0) is 43.2 Å². The maximum atomic E-state index is 10.5. The highest BCUT2D eigenvalue weighted by atomic mass is 16.3. The molecule has 1 N–H and O–H groups in total. The van der Waals surface area contributed by atoms with Crippen molar-refractivity contribution in [1.29, 1.82) is 0 Å². The molecule has 1 aromatic rings. The third-order valence-electron chi connectivity index (χ3n) is 3.38. The van der Waals surface area contributed by atoms with Gasteiger partial charge in [0.05, 0.1) is 5.60 Å². The van der Waals surface area contributed by atoms with Gasteiger partial charge in [-0.15, -0.1) is 0 Å². The van der Waals surface area contributed by atoms with Crippen molar-refractivity contribution in [2.45, 2.75) is 38.7 Å². The maximum Gasteiger partial charge on any atom is 0.0901 e. The van der Waals surface area contributed by atoms with E-state index in [0.29, 0.717) is 5.92 Å². The van der Waals surface area contributed by atoms with E-state index in [9.17, 15) is 5.11 Å². The Morgan fingerprint density at radius 2 is 2.07 bits per heavy atom. The maximum absolute atomic E-state index is 10.5. The summed E-state index contributed by atoms with van der Waals surface area (Å²) in [5, 5.41) is 10.5. The molecule has 1 aliphatic carbocycles. The molecule has 0 spiro atoms. The van der Waals surface area contributed by atoms with E-state index in [1.54, 1.807) is 0 Å². The van der Waals surface area contributed by atoms with Crippen LogP contribution in [0.25, 0.3) is 0 Å². The highest BCUT2D eigenvalue weighted by molar-refractivity contribution is 5.32. The van der Waals surface area contributed by atoms with Crippen LogP contribution in [-0.2, 0) is 5.60 Å². The zero-order chi connectivity index (χ0) is 10.2. The summed E-state index contributed by atoms with van der Waals surface area (Å²) >= 11 is 0. The fourth-order valence-electron chi connectivity index (χ4n) is 2.61. The second-order valence-electron chi connectivity index (χ2n) is 4.69. The Morgan fingerprint density at radius 3 is 2.64 bits per heavy atom. The van der Waals surface area contributed by atoms with Crippen molar-refractivity contribution in [2.24, 2.45) is 5.92 Å². The molecule has 1 nitrogen and oxygen atoms in total. The average Bonchev–Trinajstić information content (AvgIpc) is 2.48. The van der Waals surface area contributed by atoms with Crippen molar-refractivity contribution in [2.75, 3.05) is 0 Å². The zero-order valence-corrected chi connectivity index (χ0v) is 8.96. The van der Waals surface area contributed by atoms with E-state index < -0.39 is 5.60 Å². The van der Waals surface area contributed by atoms with Gasteiger partial charge in [-0.25, -0.2) is 0 Å². The van der Waals surface area contributed by atoms with Crippen LogP contribution in [0.5, 0.6) is 0 Å². The van der Waals surface area contributed by atoms with Crippen molar-refractivity contribution in [3.63, 3.8) is 0 Å². The van der Waals surface area contributed by atoms with E-state index in [-0.39, 0.29) is 0 Å².